The van der Waals surface area contributed by atoms with Crippen molar-refractivity contribution >= 4 is 20.4 Å². The molecule has 4 heteroatoms. The lowest BCUT2D eigenvalue weighted by Gasteiger charge is -2.43. The van der Waals surface area contributed by atoms with Gasteiger partial charge in [0.15, 0.2) is 0 Å². The second-order valence-corrected chi connectivity index (χ2v) is 18.1. The van der Waals surface area contributed by atoms with E-state index in [1.54, 1.807) is 0 Å². The summed E-state index contributed by atoms with van der Waals surface area (Å²) in [5.74, 6) is 1.11. The van der Waals surface area contributed by atoms with Gasteiger partial charge in [0.2, 0.25) is 0 Å². The summed E-state index contributed by atoms with van der Waals surface area (Å²) in [6.07, 6.45) is 4.22. The van der Waals surface area contributed by atoms with Crippen LogP contribution in [0.3, 0.4) is 0 Å². The summed E-state index contributed by atoms with van der Waals surface area (Å²) in [7, 11) is -2.04. The molecule has 0 spiro atoms. The van der Waals surface area contributed by atoms with E-state index in [0.717, 1.165) is 23.3 Å². The average Bonchev–Trinajstić information content (AvgIpc) is 2.91. The molecule has 220 valence electrons. The molecule has 0 bridgehead atoms. The van der Waals surface area contributed by atoms with E-state index >= 15 is 0 Å². The summed E-state index contributed by atoms with van der Waals surface area (Å²) in [6.45, 7) is 23.2. The van der Waals surface area contributed by atoms with Crippen LogP contribution in [0.15, 0.2) is 66.7 Å². The third-order valence-electron chi connectivity index (χ3n) is 8.43. The van der Waals surface area contributed by atoms with E-state index in [9.17, 15) is 4.79 Å². The van der Waals surface area contributed by atoms with E-state index in [0.29, 0.717) is 22.5 Å². The SMILES string of the molecule is Cc1cc(/C=C/C(=O)OCc2ccccc2)cc(C)c1Cc1ccc(O[Si](C(C)C)(C(C)C)C(C)C)c(C(C)C)c1. The summed E-state index contributed by atoms with van der Waals surface area (Å²) in [5, 5.41) is 0. The zero-order chi connectivity index (χ0) is 30.3. The Morgan fingerprint density at radius 2 is 1.37 bits per heavy atom. The van der Waals surface area contributed by atoms with Gasteiger partial charge in [-0.25, -0.2) is 4.79 Å². The predicted molar refractivity (Wildman–Crippen MR) is 176 cm³/mol. The first-order valence-corrected chi connectivity index (χ1v) is 17.3. The second kappa shape index (κ2) is 14.2. The zero-order valence-electron chi connectivity index (χ0n) is 26.9. The number of carbonyl (C=O) groups excluding carboxylic acids is 1. The summed E-state index contributed by atoms with van der Waals surface area (Å²) >= 11 is 0. The van der Waals surface area contributed by atoms with Crippen LogP contribution >= 0.6 is 0 Å². The molecule has 41 heavy (non-hydrogen) atoms. The normalized spacial score (nSPS) is 12.2. The number of esters is 1. The van der Waals surface area contributed by atoms with Crippen LogP contribution in [0.2, 0.25) is 16.6 Å². The highest BCUT2D eigenvalue weighted by Gasteiger charge is 2.47. The number of ether oxygens (including phenoxy) is 1. The van der Waals surface area contributed by atoms with Crippen molar-refractivity contribution in [3.05, 3.63) is 106 Å². The molecule has 0 aliphatic heterocycles. The molecule has 3 aromatic rings. The number of hydrogen-bond donors (Lipinski definition) is 0. The van der Waals surface area contributed by atoms with E-state index in [-0.39, 0.29) is 12.6 Å². The standard InChI is InChI=1S/C37H50O3Si/c1-25(2)34-22-33(16-18-36(34)40-41(26(3)4,27(5)6)28(7)8)23-35-29(9)20-32(21-30(35)10)17-19-37(38)39-24-31-14-12-11-13-15-31/h11-22,25-28H,23-24H2,1-10H3/b19-17+. The maximum atomic E-state index is 12.3. The van der Waals surface area contributed by atoms with Gasteiger partial charge in [-0.2, -0.15) is 0 Å². The fourth-order valence-corrected chi connectivity index (χ4v) is 11.6. The molecule has 0 N–H and O–H groups in total. The van der Waals surface area contributed by atoms with Crippen LogP contribution in [0.25, 0.3) is 6.08 Å². The second-order valence-electron chi connectivity index (χ2n) is 12.7. The third kappa shape index (κ3) is 8.01. The molecule has 0 saturated heterocycles. The maximum Gasteiger partial charge on any atom is 0.331 e. The summed E-state index contributed by atoms with van der Waals surface area (Å²) in [6, 6.07) is 20.9. The first-order chi connectivity index (χ1) is 19.3. The predicted octanol–water partition coefficient (Wildman–Crippen LogP) is 10.3. The monoisotopic (exact) mass is 570 g/mol. The molecule has 0 aliphatic rings. The number of benzene rings is 3. The Bertz CT molecular complexity index is 1290. The van der Waals surface area contributed by atoms with Crippen LogP contribution in [0.4, 0.5) is 0 Å². The van der Waals surface area contributed by atoms with Gasteiger partial charge in [-0.15, -0.1) is 0 Å². The third-order valence-corrected chi connectivity index (χ3v) is 14.4. The number of rotatable bonds is 12. The minimum Gasteiger partial charge on any atom is -0.542 e. The van der Waals surface area contributed by atoms with Crippen LogP contribution in [-0.2, 0) is 22.6 Å². The van der Waals surface area contributed by atoms with Gasteiger partial charge in [0.25, 0.3) is 8.32 Å². The van der Waals surface area contributed by atoms with Crippen LogP contribution in [-0.4, -0.2) is 14.3 Å². The molecule has 0 aromatic heterocycles. The van der Waals surface area contributed by atoms with Gasteiger partial charge in [-0.3, -0.25) is 0 Å². The lowest BCUT2D eigenvalue weighted by Crippen LogP contribution is -2.50. The molecule has 0 heterocycles. The van der Waals surface area contributed by atoms with Crippen molar-refractivity contribution in [2.45, 2.75) is 105 Å². The van der Waals surface area contributed by atoms with Gasteiger partial charge in [0.1, 0.15) is 12.4 Å². The molecule has 3 rings (SSSR count). The van der Waals surface area contributed by atoms with Crippen molar-refractivity contribution < 1.29 is 14.0 Å². The highest BCUT2D eigenvalue weighted by Crippen LogP contribution is 2.44. The Morgan fingerprint density at radius 1 is 0.780 bits per heavy atom. The zero-order valence-corrected chi connectivity index (χ0v) is 27.9. The lowest BCUT2D eigenvalue weighted by molar-refractivity contribution is -0.138. The number of carbonyl (C=O) groups is 1. The van der Waals surface area contributed by atoms with Crippen LogP contribution in [0.5, 0.6) is 5.75 Å². The summed E-state index contributed by atoms with van der Waals surface area (Å²) < 4.78 is 12.5. The Hall–Kier alpha value is -3.11. The molecular weight excluding hydrogens is 520 g/mol. The van der Waals surface area contributed by atoms with Crippen molar-refractivity contribution in [2.75, 3.05) is 0 Å². The van der Waals surface area contributed by atoms with Crippen molar-refractivity contribution in [1.29, 1.82) is 0 Å². The van der Waals surface area contributed by atoms with E-state index in [1.807, 2.05) is 36.4 Å². The Morgan fingerprint density at radius 3 is 1.90 bits per heavy atom. The van der Waals surface area contributed by atoms with E-state index in [2.05, 4.69) is 99.6 Å². The van der Waals surface area contributed by atoms with Gasteiger partial charge < -0.3 is 9.16 Å². The molecule has 0 saturated carbocycles. The van der Waals surface area contributed by atoms with E-state index < -0.39 is 8.32 Å². The van der Waals surface area contributed by atoms with Crippen LogP contribution < -0.4 is 4.43 Å². The number of hydrogen-bond acceptors (Lipinski definition) is 3. The molecule has 0 fully saturated rings. The van der Waals surface area contributed by atoms with E-state index in [4.69, 9.17) is 9.16 Å². The van der Waals surface area contributed by atoms with Crippen molar-refractivity contribution in [1.82, 2.24) is 0 Å². The number of aryl methyl sites for hydroxylation is 2. The van der Waals surface area contributed by atoms with Gasteiger partial charge in [0, 0.05) is 6.08 Å². The Balaban J connectivity index is 1.79. The molecular formula is C37H50O3Si. The highest BCUT2D eigenvalue weighted by molar-refractivity contribution is 6.78. The minimum absolute atomic E-state index is 0.277. The quantitative estimate of drug-likeness (QED) is 0.123. The van der Waals surface area contributed by atoms with Crippen molar-refractivity contribution in [3.63, 3.8) is 0 Å². The molecule has 3 nitrogen and oxygen atoms in total. The van der Waals surface area contributed by atoms with Crippen LogP contribution in [0, 0.1) is 13.8 Å². The molecule has 0 amide bonds. The van der Waals surface area contributed by atoms with Gasteiger partial charge in [0.05, 0.1) is 0 Å². The molecule has 0 unspecified atom stereocenters. The fraction of sp³-hybridized carbons (Fsp3) is 0.432. The minimum atomic E-state index is -2.04. The van der Waals surface area contributed by atoms with Crippen molar-refractivity contribution in [3.8, 4) is 5.75 Å². The smallest absolute Gasteiger partial charge is 0.331 e. The summed E-state index contributed by atoms with van der Waals surface area (Å²) in [4.78, 5) is 12.3. The molecule has 0 aliphatic carbocycles. The van der Waals surface area contributed by atoms with Crippen molar-refractivity contribution in [2.24, 2.45) is 0 Å². The Kier molecular flexibility index (Phi) is 11.2. The first-order valence-electron chi connectivity index (χ1n) is 15.2. The largest absolute Gasteiger partial charge is 0.542 e. The summed E-state index contributed by atoms with van der Waals surface area (Å²) in [5.41, 5.74) is 9.95. The topological polar surface area (TPSA) is 35.5 Å². The first kappa shape index (κ1) is 32.4. The van der Waals surface area contributed by atoms with Gasteiger partial charge in [-0.1, -0.05) is 110 Å². The Labute approximate surface area is 250 Å². The molecule has 0 radical (unpaired) electrons. The molecule has 3 aromatic carbocycles. The molecule has 0 atom stereocenters. The fourth-order valence-electron chi connectivity index (χ4n) is 6.34. The van der Waals surface area contributed by atoms with Gasteiger partial charge in [-0.05, 0) is 93.9 Å². The van der Waals surface area contributed by atoms with E-state index in [1.165, 1.54) is 33.9 Å². The average molecular weight is 571 g/mol. The maximum absolute atomic E-state index is 12.3. The van der Waals surface area contributed by atoms with Crippen LogP contribution in [0.1, 0.15) is 100 Å². The van der Waals surface area contributed by atoms with Gasteiger partial charge >= 0.3 is 5.97 Å². The highest BCUT2D eigenvalue weighted by atomic mass is 28.4. The lowest BCUT2D eigenvalue weighted by atomic mass is 9.91.